The Bertz CT molecular complexity index is 737. The SMILES string of the molecule is CCOC(=O)CCCNC(=O)CSc1nnnn1-c1ccccc1OC. The Kier molecular flexibility index (Phi) is 7.87. The molecule has 2 aromatic rings. The van der Waals surface area contributed by atoms with Gasteiger partial charge in [-0.15, -0.1) is 5.10 Å². The predicted octanol–water partition coefficient (Wildman–Crippen LogP) is 1.22. The van der Waals surface area contributed by atoms with E-state index in [2.05, 4.69) is 20.8 Å². The number of hydrogen-bond donors (Lipinski definition) is 1. The summed E-state index contributed by atoms with van der Waals surface area (Å²) in [4.78, 5) is 23.1. The number of esters is 1. The van der Waals surface area contributed by atoms with Crippen molar-refractivity contribution in [3.05, 3.63) is 24.3 Å². The molecule has 0 fully saturated rings. The second kappa shape index (κ2) is 10.4. The minimum atomic E-state index is -0.257. The number of thioether (sulfide) groups is 1. The van der Waals surface area contributed by atoms with Gasteiger partial charge in [0.25, 0.3) is 0 Å². The van der Waals surface area contributed by atoms with E-state index in [-0.39, 0.29) is 24.1 Å². The molecule has 10 heteroatoms. The molecule has 0 saturated carbocycles. The second-order valence-corrected chi connectivity index (χ2v) is 6.03. The molecule has 1 amide bonds. The van der Waals surface area contributed by atoms with Crippen LogP contribution in [0.2, 0.25) is 0 Å². The molecular weight excluding hydrogens is 358 g/mol. The summed E-state index contributed by atoms with van der Waals surface area (Å²) in [7, 11) is 1.57. The van der Waals surface area contributed by atoms with E-state index < -0.39 is 0 Å². The Labute approximate surface area is 155 Å². The summed E-state index contributed by atoms with van der Waals surface area (Å²) >= 11 is 1.22. The van der Waals surface area contributed by atoms with Crippen molar-refractivity contribution in [1.82, 2.24) is 25.5 Å². The molecule has 2 rings (SSSR count). The number of nitrogens with zero attached hydrogens (tertiary/aromatic N) is 4. The van der Waals surface area contributed by atoms with E-state index in [0.29, 0.717) is 36.2 Å². The maximum atomic E-state index is 11.9. The van der Waals surface area contributed by atoms with Crippen LogP contribution in [0.1, 0.15) is 19.8 Å². The fourth-order valence-electron chi connectivity index (χ4n) is 2.10. The number of ether oxygens (including phenoxy) is 2. The Morgan fingerprint density at radius 3 is 2.88 bits per heavy atom. The van der Waals surface area contributed by atoms with Gasteiger partial charge in [0.05, 0.1) is 19.5 Å². The van der Waals surface area contributed by atoms with E-state index in [1.807, 2.05) is 24.3 Å². The first-order chi connectivity index (χ1) is 12.7. The number of carbonyl (C=O) groups is 2. The molecule has 1 heterocycles. The molecule has 0 unspecified atom stereocenters. The number of amides is 1. The number of benzene rings is 1. The minimum absolute atomic E-state index is 0.159. The maximum absolute atomic E-state index is 11.9. The lowest BCUT2D eigenvalue weighted by Crippen LogP contribution is -2.26. The van der Waals surface area contributed by atoms with Crippen LogP contribution in [0.3, 0.4) is 0 Å². The smallest absolute Gasteiger partial charge is 0.305 e. The molecule has 0 aliphatic carbocycles. The topological polar surface area (TPSA) is 108 Å². The molecule has 1 aromatic carbocycles. The fraction of sp³-hybridized carbons (Fsp3) is 0.438. The third kappa shape index (κ3) is 5.73. The van der Waals surface area contributed by atoms with Gasteiger partial charge in [-0.25, -0.2) is 0 Å². The Hall–Kier alpha value is -2.62. The van der Waals surface area contributed by atoms with Crippen molar-refractivity contribution in [3.8, 4) is 11.4 Å². The average Bonchev–Trinajstić information content (AvgIpc) is 3.12. The number of carbonyl (C=O) groups excluding carboxylic acids is 2. The summed E-state index contributed by atoms with van der Waals surface area (Å²) in [5.41, 5.74) is 0.692. The molecule has 0 radical (unpaired) electrons. The first-order valence-corrected chi connectivity index (χ1v) is 9.11. The number of rotatable bonds is 10. The van der Waals surface area contributed by atoms with Crippen LogP contribution in [0.5, 0.6) is 5.75 Å². The van der Waals surface area contributed by atoms with Crippen LogP contribution in [-0.4, -0.2) is 58.1 Å². The van der Waals surface area contributed by atoms with E-state index >= 15 is 0 Å². The molecule has 0 aliphatic heterocycles. The van der Waals surface area contributed by atoms with Crippen molar-refractivity contribution in [2.24, 2.45) is 0 Å². The van der Waals surface area contributed by atoms with Gasteiger partial charge in [-0.3, -0.25) is 9.59 Å². The van der Waals surface area contributed by atoms with Crippen LogP contribution in [0, 0.1) is 0 Å². The lowest BCUT2D eigenvalue weighted by molar-refractivity contribution is -0.143. The van der Waals surface area contributed by atoms with Crippen LogP contribution in [0.25, 0.3) is 5.69 Å². The molecule has 1 N–H and O–H groups in total. The van der Waals surface area contributed by atoms with Crippen molar-refractivity contribution in [2.75, 3.05) is 26.0 Å². The van der Waals surface area contributed by atoms with Gasteiger partial charge in [-0.05, 0) is 35.9 Å². The van der Waals surface area contributed by atoms with Crippen molar-refractivity contribution in [1.29, 1.82) is 0 Å². The first-order valence-electron chi connectivity index (χ1n) is 8.12. The molecule has 0 spiro atoms. The molecule has 0 aliphatic rings. The number of tetrazole rings is 1. The van der Waals surface area contributed by atoms with E-state index in [9.17, 15) is 9.59 Å². The van der Waals surface area contributed by atoms with Crippen molar-refractivity contribution < 1.29 is 19.1 Å². The highest BCUT2D eigenvalue weighted by atomic mass is 32.2. The highest BCUT2D eigenvalue weighted by Gasteiger charge is 2.14. The fourth-order valence-corrected chi connectivity index (χ4v) is 2.81. The summed E-state index contributed by atoms with van der Waals surface area (Å²) in [6.45, 7) is 2.54. The number of aromatic nitrogens is 4. The zero-order valence-corrected chi connectivity index (χ0v) is 15.5. The minimum Gasteiger partial charge on any atom is -0.494 e. The van der Waals surface area contributed by atoms with Gasteiger partial charge in [-0.1, -0.05) is 23.9 Å². The van der Waals surface area contributed by atoms with E-state index in [0.717, 1.165) is 0 Å². The van der Waals surface area contributed by atoms with E-state index in [4.69, 9.17) is 9.47 Å². The highest BCUT2D eigenvalue weighted by Crippen LogP contribution is 2.25. The average molecular weight is 379 g/mol. The number of para-hydroxylation sites is 2. The monoisotopic (exact) mass is 379 g/mol. The number of hydrogen-bond acceptors (Lipinski definition) is 8. The summed E-state index contributed by atoms with van der Waals surface area (Å²) < 4.78 is 11.7. The molecule has 0 bridgehead atoms. The van der Waals surface area contributed by atoms with Gasteiger partial charge >= 0.3 is 5.97 Å². The van der Waals surface area contributed by atoms with Crippen LogP contribution in [-0.2, 0) is 14.3 Å². The van der Waals surface area contributed by atoms with Gasteiger partial charge in [0, 0.05) is 13.0 Å². The van der Waals surface area contributed by atoms with Gasteiger partial charge in [0.15, 0.2) is 0 Å². The molecular formula is C16H21N5O4S. The highest BCUT2D eigenvalue weighted by molar-refractivity contribution is 7.99. The molecule has 1 aromatic heterocycles. The summed E-state index contributed by atoms with van der Waals surface area (Å²) in [5, 5.41) is 14.8. The standard InChI is InChI=1S/C16H21N5O4S/c1-3-25-15(23)9-6-10-17-14(22)11-26-16-18-19-20-21(16)12-7-4-5-8-13(12)24-2/h4-5,7-8H,3,6,9-11H2,1-2H3,(H,17,22). The number of methoxy groups -OCH3 is 1. The van der Waals surface area contributed by atoms with Gasteiger partial charge in [0.2, 0.25) is 11.1 Å². The zero-order valence-electron chi connectivity index (χ0n) is 14.7. The molecule has 140 valence electrons. The van der Waals surface area contributed by atoms with Gasteiger partial charge < -0.3 is 14.8 Å². The van der Waals surface area contributed by atoms with Crippen LogP contribution in [0.4, 0.5) is 0 Å². The Morgan fingerprint density at radius 2 is 2.12 bits per heavy atom. The largest absolute Gasteiger partial charge is 0.494 e. The second-order valence-electron chi connectivity index (χ2n) is 5.09. The van der Waals surface area contributed by atoms with Crippen molar-refractivity contribution >= 4 is 23.6 Å². The Balaban J connectivity index is 1.82. The summed E-state index contributed by atoms with van der Waals surface area (Å²) in [6.07, 6.45) is 0.821. The van der Waals surface area contributed by atoms with Crippen LogP contribution in [0.15, 0.2) is 29.4 Å². The first kappa shape index (κ1) is 19.7. The summed E-state index contributed by atoms with van der Waals surface area (Å²) in [5.74, 6) is 0.375. The maximum Gasteiger partial charge on any atom is 0.305 e. The van der Waals surface area contributed by atoms with Gasteiger partial charge in [-0.2, -0.15) is 4.68 Å². The van der Waals surface area contributed by atoms with Crippen LogP contribution < -0.4 is 10.1 Å². The third-order valence-corrected chi connectivity index (χ3v) is 4.19. The van der Waals surface area contributed by atoms with E-state index in [1.54, 1.807) is 14.0 Å². The van der Waals surface area contributed by atoms with Gasteiger partial charge in [0.1, 0.15) is 11.4 Å². The molecule has 0 atom stereocenters. The lowest BCUT2D eigenvalue weighted by atomic mass is 10.3. The lowest BCUT2D eigenvalue weighted by Gasteiger charge is -2.09. The van der Waals surface area contributed by atoms with Crippen LogP contribution >= 0.6 is 11.8 Å². The zero-order chi connectivity index (χ0) is 18.8. The predicted molar refractivity (Wildman–Crippen MR) is 95.3 cm³/mol. The van der Waals surface area contributed by atoms with Crippen molar-refractivity contribution in [2.45, 2.75) is 24.9 Å². The Morgan fingerprint density at radius 1 is 1.31 bits per heavy atom. The molecule has 0 saturated heterocycles. The third-order valence-electron chi connectivity index (χ3n) is 3.27. The van der Waals surface area contributed by atoms with Crippen molar-refractivity contribution in [3.63, 3.8) is 0 Å². The summed E-state index contributed by atoms with van der Waals surface area (Å²) in [6, 6.07) is 7.34. The number of nitrogens with one attached hydrogen (secondary N) is 1. The molecule has 9 nitrogen and oxygen atoms in total. The quantitative estimate of drug-likeness (QED) is 0.373. The normalized spacial score (nSPS) is 10.4. The molecule has 26 heavy (non-hydrogen) atoms. The van der Waals surface area contributed by atoms with E-state index in [1.165, 1.54) is 16.4 Å².